The van der Waals surface area contributed by atoms with Gasteiger partial charge < -0.3 is 0 Å². The second-order valence-corrected chi connectivity index (χ2v) is 5.58. The average molecular weight is 219 g/mol. The van der Waals surface area contributed by atoms with Crippen molar-refractivity contribution in [3.05, 3.63) is 30.1 Å². The molecule has 0 heterocycles. The maximum absolute atomic E-state index is 12.5. The highest BCUT2D eigenvalue weighted by atomic mass is 32.3. The molecule has 0 aromatic heterocycles. The van der Waals surface area contributed by atoms with Crippen LogP contribution < -0.4 is 4.72 Å². The lowest BCUT2D eigenvalue weighted by Gasteiger charge is -2.37. The lowest BCUT2D eigenvalue weighted by Crippen LogP contribution is -2.18. The van der Waals surface area contributed by atoms with Gasteiger partial charge in [0.2, 0.25) is 0 Å². The van der Waals surface area contributed by atoms with E-state index >= 15 is 0 Å². The van der Waals surface area contributed by atoms with Gasteiger partial charge in [-0.15, -0.1) is 10.8 Å². The molecule has 5 heteroatoms. The molecule has 0 aliphatic carbocycles. The Labute approximate surface area is 84.4 Å². The third-order valence-electron chi connectivity index (χ3n) is 1.77. The maximum Gasteiger partial charge on any atom is 0.123 e. The average Bonchev–Trinajstić information content (AvgIpc) is 2.08. The predicted molar refractivity (Wildman–Crippen MR) is 58.0 cm³/mol. The minimum atomic E-state index is -2.84. The summed E-state index contributed by atoms with van der Waals surface area (Å²) >= 11 is 0. The second kappa shape index (κ2) is 4.16. The third kappa shape index (κ3) is 2.87. The molecule has 0 atom stereocenters. The van der Waals surface area contributed by atoms with Gasteiger partial charge in [-0.25, -0.2) is 4.39 Å². The summed E-state index contributed by atoms with van der Waals surface area (Å²) in [4.78, 5) is 0. The summed E-state index contributed by atoms with van der Waals surface area (Å²) < 4.78 is 34.2. The van der Waals surface area contributed by atoms with Crippen molar-refractivity contribution in [3.8, 4) is 0 Å². The standard InChI is InChI=1S/C9H14FNO2S/c1-7(2)14(12,13)11-9-5-3-8(10)4-6-9/h3-7,11-13H,1-2H3. The number of hydrogen-bond acceptors (Lipinski definition) is 3. The molecule has 1 rings (SSSR count). The Hall–Kier alpha value is -0.780. The molecule has 0 spiro atoms. The second-order valence-electron chi connectivity index (χ2n) is 3.25. The van der Waals surface area contributed by atoms with Crippen molar-refractivity contribution in [2.24, 2.45) is 0 Å². The van der Waals surface area contributed by atoms with E-state index in [0.717, 1.165) is 0 Å². The van der Waals surface area contributed by atoms with Crippen LogP contribution in [0.4, 0.5) is 10.1 Å². The fraction of sp³-hybridized carbons (Fsp3) is 0.333. The molecule has 0 unspecified atom stereocenters. The maximum atomic E-state index is 12.5. The Morgan fingerprint density at radius 3 is 2.14 bits per heavy atom. The van der Waals surface area contributed by atoms with Crippen molar-refractivity contribution in [1.29, 1.82) is 0 Å². The lowest BCUT2D eigenvalue weighted by molar-refractivity contribution is 0.484. The third-order valence-corrected chi connectivity index (χ3v) is 3.62. The molecule has 14 heavy (non-hydrogen) atoms. The van der Waals surface area contributed by atoms with E-state index in [0.29, 0.717) is 5.69 Å². The molecule has 0 aliphatic rings. The topological polar surface area (TPSA) is 52.5 Å². The van der Waals surface area contributed by atoms with Crippen LogP contribution in [0.3, 0.4) is 0 Å². The summed E-state index contributed by atoms with van der Waals surface area (Å²) in [6.07, 6.45) is 0. The molecule has 0 radical (unpaired) electrons. The molecule has 0 saturated carbocycles. The Morgan fingerprint density at radius 1 is 1.21 bits per heavy atom. The molecule has 0 saturated heterocycles. The van der Waals surface area contributed by atoms with Crippen LogP contribution in [0.25, 0.3) is 0 Å². The quantitative estimate of drug-likeness (QED) is 0.731. The minimum absolute atomic E-state index is 0.285. The molecule has 0 bridgehead atoms. The summed E-state index contributed by atoms with van der Waals surface area (Å²) in [7, 11) is -2.84. The SMILES string of the molecule is CC(C)S(O)(O)Nc1ccc(F)cc1. The summed E-state index contributed by atoms with van der Waals surface area (Å²) in [5, 5.41) is -0.285. The Balaban J connectivity index is 2.74. The first-order valence-corrected chi connectivity index (χ1v) is 5.83. The van der Waals surface area contributed by atoms with E-state index in [2.05, 4.69) is 4.72 Å². The molecule has 3 N–H and O–H groups in total. The Kier molecular flexibility index (Phi) is 3.36. The first-order valence-electron chi connectivity index (χ1n) is 4.22. The van der Waals surface area contributed by atoms with Crippen LogP contribution >= 0.6 is 10.8 Å². The van der Waals surface area contributed by atoms with E-state index in [1.165, 1.54) is 24.3 Å². The van der Waals surface area contributed by atoms with Crippen molar-refractivity contribution < 1.29 is 13.5 Å². The van der Waals surface area contributed by atoms with Gasteiger partial charge in [0.1, 0.15) is 5.82 Å². The van der Waals surface area contributed by atoms with Gasteiger partial charge in [0.15, 0.2) is 0 Å². The van der Waals surface area contributed by atoms with Gasteiger partial charge in [0.25, 0.3) is 0 Å². The first kappa shape index (κ1) is 11.3. The Morgan fingerprint density at radius 2 is 1.71 bits per heavy atom. The fourth-order valence-electron chi connectivity index (χ4n) is 0.809. The van der Waals surface area contributed by atoms with E-state index in [1.807, 2.05) is 0 Å². The van der Waals surface area contributed by atoms with Gasteiger partial charge in [-0.2, -0.15) is 0 Å². The smallest absolute Gasteiger partial charge is 0.123 e. The van der Waals surface area contributed by atoms with Crippen molar-refractivity contribution in [1.82, 2.24) is 0 Å². The highest BCUT2D eigenvalue weighted by Crippen LogP contribution is 2.43. The van der Waals surface area contributed by atoms with Gasteiger partial charge >= 0.3 is 0 Å². The lowest BCUT2D eigenvalue weighted by atomic mass is 10.3. The number of anilines is 1. The number of nitrogens with one attached hydrogen (secondary N) is 1. The zero-order chi connectivity index (χ0) is 10.8. The van der Waals surface area contributed by atoms with Gasteiger partial charge in [-0.3, -0.25) is 13.8 Å². The number of halogens is 1. The van der Waals surface area contributed by atoms with Crippen LogP contribution in [0, 0.1) is 5.82 Å². The van der Waals surface area contributed by atoms with Crippen LogP contribution in [0.5, 0.6) is 0 Å². The number of rotatable bonds is 3. The van der Waals surface area contributed by atoms with Gasteiger partial charge in [-0.1, -0.05) is 0 Å². The summed E-state index contributed by atoms with van der Waals surface area (Å²) in [5.41, 5.74) is 0.500. The molecular weight excluding hydrogens is 205 g/mol. The molecule has 3 nitrogen and oxygen atoms in total. The van der Waals surface area contributed by atoms with E-state index in [1.54, 1.807) is 13.8 Å². The van der Waals surface area contributed by atoms with Crippen molar-refractivity contribution in [2.75, 3.05) is 4.72 Å². The largest absolute Gasteiger partial charge is 0.285 e. The molecule has 0 amide bonds. The summed E-state index contributed by atoms with van der Waals surface area (Å²) in [5.74, 6) is -0.350. The van der Waals surface area contributed by atoms with E-state index in [9.17, 15) is 13.5 Å². The van der Waals surface area contributed by atoms with Crippen molar-refractivity contribution in [3.63, 3.8) is 0 Å². The van der Waals surface area contributed by atoms with Crippen LogP contribution in [0.15, 0.2) is 24.3 Å². The zero-order valence-electron chi connectivity index (χ0n) is 8.07. The molecule has 0 fully saturated rings. The molecular formula is C9H14FNO2S. The van der Waals surface area contributed by atoms with Crippen molar-refractivity contribution in [2.45, 2.75) is 19.1 Å². The Bertz CT molecular complexity index is 300. The molecule has 1 aromatic carbocycles. The van der Waals surface area contributed by atoms with E-state index in [-0.39, 0.29) is 11.1 Å². The van der Waals surface area contributed by atoms with Gasteiger partial charge in [0, 0.05) is 0 Å². The summed E-state index contributed by atoms with van der Waals surface area (Å²) in [6, 6.07) is 5.45. The van der Waals surface area contributed by atoms with Crippen LogP contribution in [0.1, 0.15) is 13.8 Å². The van der Waals surface area contributed by atoms with Crippen molar-refractivity contribution >= 4 is 16.5 Å². The monoisotopic (exact) mass is 219 g/mol. The highest BCUT2D eigenvalue weighted by molar-refractivity contribution is 8.25. The summed E-state index contributed by atoms with van der Waals surface area (Å²) in [6.45, 7) is 3.40. The fourth-order valence-corrected chi connectivity index (χ4v) is 1.53. The molecule has 0 aliphatic heterocycles. The first-order chi connectivity index (χ1) is 6.42. The van der Waals surface area contributed by atoms with Crippen LogP contribution in [-0.2, 0) is 0 Å². The molecule has 80 valence electrons. The predicted octanol–water partition coefficient (Wildman–Crippen LogP) is 3.31. The molecule has 1 aromatic rings. The highest BCUT2D eigenvalue weighted by Gasteiger charge is 2.16. The van der Waals surface area contributed by atoms with E-state index < -0.39 is 10.8 Å². The van der Waals surface area contributed by atoms with Crippen LogP contribution in [0.2, 0.25) is 0 Å². The van der Waals surface area contributed by atoms with E-state index in [4.69, 9.17) is 0 Å². The van der Waals surface area contributed by atoms with Gasteiger partial charge in [-0.05, 0) is 38.1 Å². The number of benzene rings is 1. The normalized spacial score (nSPS) is 13.0. The van der Waals surface area contributed by atoms with Crippen LogP contribution in [-0.4, -0.2) is 14.4 Å². The van der Waals surface area contributed by atoms with Gasteiger partial charge in [0.05, 0.1) is 10.9 Å². The minimum Gasteiger partial charge on any atom is -0.285 e. The zero-order valence-corrected chi connectivity index (χ0v) is 8.88. The number of hydrogen-bond donors (Lipinski definition) is 3.